The summed E-state index contributed by atoms with van der Waals surface area (Å²) in [7, 11) is -3.84. The number of hydrogen-bond acceptors (Lipinski definition) is 6. The zero-order chi connectivity index (χ0) is 26.4. The first-order valence-electron chi connectivity index (χ1n) is 12.2. The average molecular weight is 571 g/mol. The Morgan fingerprint density at radius 3 is 2.39 bits per heavy atom. The summed E-state index contributed by atoms with van der Waals surface area (Å²) in [5, 5.41) is 3.82. The number of benzene rings is 2. The molecule has 4 heterocycles. The van der Waals surface area contributed by atoms with Gasteiger partial charge < -0.3 is 5.32 Å². The molecule has 2 aromatic carbocycles. The number of amides is 1. The first-order valence-corrected chi connectivity index (χ1v) is 14.4. The van der Waals surface area contributed by atoms with Crippen LogP contribution >= 0.6 is 23.2 Å². The standard InChI is InChI=1S/C26H24Cl2N6O3S/c27-20-10-21(28)12-22(11-20)33-25(35)23(9-17-3-5-18(6-4-17)19-13-29-16-30-14-19)34-24(15-31-26(33)34)38(36,37)32-7-1-2-8-32/h3-6,10-15,23,29H,1-2,7-9,16H2. The summed E-state index contributed by atoms with van der Waals surface area (Å²) in [5.74, 6) is -0.0814. The molecule has 0 spiro atoms. The maximum atomic E-state index is 13.9. The van der Waals surface area contributed by atoms with Crippen LogP contribution in [0.3, 0.4) is 0 Å². The van der Waals surface area contributed by atoms with Gasteiger partial charge in [-0.2, -0.15) is 4.31 Å². The molecule has 0 aliphatic carbocycles. The quantitative estimate of drug-likeness (QED) is 0.473. The molecule has 12 heteroatoms. The Bertz CT molecular complexity index is 1560. The van der Waals surface area contributed by atoms with E-state index in [2.05, 4.69) is 15.3 Å². The van der Waals surface area contributed by atoms with Crippen LogP contribution in [0.5, 0.6) is 0 Å². The number of nitrogens with one attached hydrogen (secondary N) is 1. The van der Waals surface area contributed by atoms with Crippen molar-refractivity contribution in [3.8, 4) is 0 Å². The summed E-state index contributed by atoms with van der Waals surface area (Å²) < 4.78 is 30.2. The highest BCUT2D eigenvalue weighted by Gasteiger charge is 2.44. The van der Waals surface area contributed by atoms with Crippen LogP contribution in [0.25, 0.3) is 5.57 Å². The van der Waals surface area contributed by atoms with Crippen molar-refractivity contribution in [2.24, 2.45) is 4.99 Å². The molecule has 0 saturated carbocycles. The van der Waals surface area contributed by atoms with Gasteiger partial charge in [0, 0.05) is 47.5 Å². The number of halogens is 2. The number of aromatic nitrogens is 2. The molecule has 3 aliphatic rings. The fourth-order valence-electron chi connectivity index (χ4n) is 5.10. The lowest BCUT2D eigenvalue weighted by atomic mass is 10.0. The lowest BCUT2D eigenvalue weighted by Gasteiger charge is -2.19. The third-order valence-electron chi connectivity index (χ3n) is 6.92. The molecular formula is C26H24Cl2N6O3S. The van der Waals surface area contributed by atoms with Gasteiger partial charge in [0.25, 0.3) is 15.9 Å². The first-order chi connectivity index (χ1) is 18.3. The third-order valence-corrected chi connectivity index (χ3v) is 9.23. The predicted molar refractivity (Wildman–Crippen MR) is 147 cm³/mol. The Hall–Kier alpha value is -3.18. The van der Waals surface area contributed by atoms with Gasteiger partial charge in [-0.3, -0.25) is 14.4 Å². The highest BCUT2D eigenvalue weighted by molar-refractivity contribution is 7.89. The Morgan fingerprint density at radius 1 is 1.03 bits per heavy atom. The zero-order valence-corrected chi connectivity index (χ0v) is 22.5. The Kier molecular flexibility index (Phi) is 6.51. The van der Waals surface area contributed by atoms with Crippen LogP contribution in [0.15, 0.2) is 64.9 Å². The van der Waals surface area contributed by atoms with Crippen LogP contribution < -0.4 is 10.2 Å². The molecule has 9 nitrogen and oxygen atoms in total. The molecular weight excluding hydrogens is 547 g/mol. The second kappa shape index (κ2) is 9.85. The van der Waals surface area contributed by atoms with Crippen molar-refractivity contribution in [3.05, 3.63) is 76.0 Å². The van der Waals surface area contributed by atoms with Crippen LogP contribution in [0.4, 0.5) is 11.6 Å². The first kappa shape index (κ1) is 25.1. The number of carbonyl (C=O) groups is 1. The zero-order valence-electron chi connectivity index (χ0n) is 20.2. The molecule has 196 valence electrons. The van der Waals surface area contributed by atoms with Gasteiger partial charge in [0.2, 0.25) is 5.95 Å². The van der Waals surface area contributed by atoms with E-state index in [9.17, 15) is 13.2 Å². The Balaban J connectivity index is 1.40. The van der Waals surface area contributed by atoms with E-state index in [4.69, 9.17) is 23.2 Å². The summed E-state index contributed by atoms with van der Waals surface area (Å²) in [6.45, 7) is 1.45. The van der Waals surface area contributed by atoms with E-state index in [1.807, 2.05) is 36.7 Å². The van der Waals surface area contributed by atoms with Gasteiger partial charge in [-0.1, -0.05) is 47.5 Å². The topological polar surface area (TPSA) is 99.9 Å². The smallest absolute Gasteiger partial charge is 0.260 e. The van der Waals surface area contributed by atoms with Crippen molar-refractivity contribution in [2.45, 2.75) is 30.3 Å². The Morgan fingerprint density at radius 2 is 1.74 bits per heavy atom. The SMILES string of the molecule is O=C1C(Cc2ccc(C3=CNCN=C3)cc2)n2c(S(=O)(=O)N3CCCC3)cnc2N1c1cc(Cl)cc(Cl)c1. The maximum absolute atomic E-state index is 13.9. The van der Waals surface area contributed by atoms with Gasteiger partial charge in [0.15, 0.2) is 5.03 Å². The molecule has 1 unspecified atom stereocenters. The van der Waals surface area contributed by atoms with E-state index in [1.165, 1.54) is 15.4 Å². The highest BCUT2D eigenvalue weighted by atomic mass is 35.5. The fraction of sp³-hybridized carbons (Fsp3) is 0.269. The lowest BCUT2D eigenvalue weighted by molar-refractivity contribution is -0.119. The maximum Gasteiger partial charge on any atom is 0.260 e. The lowest BCUT2D eigenvalue weighted by Crippen LogP contribution is -2.31. The van der Waals surface area contributed by atoms with Gasteiger partial charge in [-0.15, -0.1) is 0 Å². The molecule has 0 radical (unpaired) electrons. The summed E-state index contributed by atoms with van der Waals surface area (Å²) in [4.78, 5) is 24.0. The van der Waals surface area contributed by atoms with E-state index >= 15 is 0 Å². The molecule has 0 bridgehead atoms. The van der Waals surface area contributed by atoms with Crippen molar-refractivity contribution in [1.82, 2.24) is 19.2 Å². The fourth-order valence-corrected chi connectivity index (χ4v) is 7.26. The van der Waals surface area contributed by atoms with Gasteiger partial charge >= 0.3 is 0 Å². The summed E-state index contributed by atoms with van der Waals surface area (Å²) in [6.07, 6.45) is 6.95. The number of hydrogen-bond donors (Lipinski definition) is 1. The van der Waals surface area contributed by atoms with Crippen molar-refractivity contribution >= 4 is 62.6 Å². The van der Waals surface area contributed by atoms with Gasteiger partial charge in [-0.25, -0.2) is 18.3 Å². The molecule has 38 heavy (non-hydrogen) atoms. The van der Waals surface area contributed by atoms with Crippen LogP contribution in [-0.2, 0) is 21.2 Å². The van der Waals surface area contributed by atoms with Crippen molar-refractivity contribution in [2.75, 3.05) is 24.7 Å². The summed E-state index contributed by atoms with van der Waals surface area (Å²) in [5.41, 5.74) is 3.25. The Labute approximate surface area is 230 Å². The molecule has 3 aromatic rings. The molecule has 1 fully saturated rings. The summed E-state index contributed by atoms with van der Waals surface area (Å²) in [6, 6.07) is 11.8. The number of fused-ring (bicyclic) bond motifs is 1. The third kappa shape index (κ3) is 4.41. The van der Waals surface area contributed by atoms with Crippen LogP contribution in [0.2, 0.25) is 10.0 Å². The van der Waals surface area contributed by atoms with E-state index in [0.717, 1.165) is 29.5 Å². The second-order valence-electron chi connectivity index (χ2n) is 9.37. The van der Waals surface area contributed by atoms with Crippen LogP contribution in [0.1, 0.15) is 30.0 Å². The van der Waals surface area contributed by atoms with Crippen molar-refractivity contribution in [3.63, 3.8) is 0 Å². The number of imidazole rings is 1. The van der Waals surface area contributed by atoms with E-state index < -0.39 is 16.1 Å². The van der Waals surface area contributed by atoms with E-state index in [0.29, 0.717) is 35.5 Å². The number of nitrogens with zero attached hydrogens (tertiary/aromatic N) is 5. The molecule has 1 atom stereocenters. The molecule has 1 aromatic heterocycles. The van der Waals surface area contributed by atoms with Crippen molar-refractivity contribution in [1.29, 1.82) is 0 Å². The van der Waals surface area contributed by atoms with Crippen molar-refractivity contribution < 1.29 is 13.2 Å². The number of aliphatic imine (C=N–C) groups is 1. The average Bonchev–Trinajstić information content (AvgIpc) is 3.64. The van der Waals surface area contributed by atoms with Crippen LogP contribution in [0, 0.1) is 0 Å². The minimum absolute atomic E-state index is 0.00893. The van der Waals surface area contributed by atoms with Gasteiger partial charge in [0.05, 0.1) is 11.9 Å². The van der Waals surface area contributed by atoms with E-state index in [-0.39, 0.29) is 23.3 Å². The normalized spacial score (nSPS) is 19.5. The number of anilines is 2. The number of rotatable bonds is 6. The molecule has 6 rings (SSSR count). The highest BCUT2D eigenvalue weighted by Crippen LogP contribution is 2.42. The van der Waals surface area contributed by atoms with E-state index in [1.54, 1.807) is 22.8 Å². The number of carbonyl (C=O) groups excluding carboxylic acids is 1. The second-order valence-corrected chi connectivity index (χ2v) is 12.1. The molecule has 1 saturated heterocycles. The molecule has 1 N–H and O–H groups in total. The molecule has 1 amide bonds. The predicted octanol–water partition coefficient (Wildman–Crippen LogP) is 4.41. The van der Waals surface area contributed by atoms with Crippen LogP contribution in [-0.4, -0.2) is 54.2 Å². The van der Waals surface area contributed by atoms with Gasteiger partial charge in [-0.05, 0) is 42.2 Å². The minimum Gasteiger partial charge on any atom is -0.372 e. The summed E-state index contributed by atoms with van der Waals surface area (Å²) >= 11 is 12.5. The number of sulfonamides is 1. The largest absolute Gasteiger partial charge is 0.372 e. The molecule has 3 aliphatic heterocycles. The monoisotopic (exact) mass is 570 g/mol. The number of allylic oxidation sites excluding steroid dienone is 1. The van der Waals surface area contributed by atoms with Gasteiger partial charge in [0.1, 0.15) is 12.7 Å². The minimum atomic E-state index is -3.84.